The fourth-order valence-electron chi connectivity index (χ4n) is 3.57. The standard InChI is InChI=1S/C18H23BFN3O3S/c1-17(2,3)26-16(25)22-8-6-18(7-9-22)14(27)21-15(24)23(18)13-10-11(20)4-5-12(13)19/h4-5,10H,6-9,19H2,1-3H3,(H,21,24,27). The van der Waals surface area contributed by atoms with Gasteiger partial charge in [-0.05, 0) is 45.7 Å². The third kappa shape index (κ3) is 3.65. The van der Waals surface area contributed by atoms with Gasteiger partial charge in [-0.1, -0.05) is 23.7 Å². The molecule has 6 nitrogen and oxygen atoms in total. The Labute approximate surface area is 164 Å². The number of thiocarbonyl (C=S) groups is 1. The number of likely N-dealkylation sites (tertiary alicyclic amines) is 1. The van der Waals surface area contributed by atoms with E-state index in [2.05, 4.69) is 5.32 Å². The molecular weight excluding hydrogens is 368 g/mol. The van der Waals surface area contributed by atoms with Gasteiger partial charge in [0.15, 0.2) is 0 Å². The van der Waals surface area contributed by atoms with Crippen molar-refractivity contribution >= 4 is 48.3 Å². The van der Waals surface area contributed by atoms with Crippen molar-refractivity contribution in [1.29, 1.82) is 0 Å². The summed E-state index contributed by atoms with van der Waals surface area (Å²) in [5.41, 5.74) is -0.0519. The number of nitrogens with zero attached hydrogens (tertiary/aromatic N) is 2. The predicted octanol–water partition coefficient (Wildman–Crippen LogP) is 1.71. The number of carbonyl (C=O) groups excluding carboxylic acids is 2. The SMILES string of the molecule is Bc1ccc(F)cc1N1C(=O)NC(=S)C12CCN(C(=O)OC(C)(C)C)CC2. The zero-order valence-corrected chi connectivity index (χ0v) is 16.8. The molecule has 2 aliphatic heterocycles. The van der Waals surface area contributed by atoms with Crippen molar-refractivity contribution in [3.05, 3.63) is 24.0 Å². The molecule has 1 spiro atoms. The van der Waals surface area contributed by atoms with E-state index in [0.29, 0.717) is 36.6 Å². The molecule has 144 valence electrons. The highest BCUT2D eigenvalue weighted by atomic mass is 32.1. The summed E-state index contributed by atoms with van der Waals surface area (Å²) >= 11 is 5.47. The van der Waals surface area contributed by atoms with Gasteiger partial charge in [0.25, 0.3) is 0 Å². The first-order valence-corrected chi connectivity index (χ1v) is 9.34. The van der Waals surface area contributed by atoms with Crippen molar-refractivity contribution in [3.8, 4) is 0 Å². The van der Waals surface area contributed by atoms with Crippen LogP contribution in [0.2, 0.25) is 0 Å². The Hall–Kier alpha value is -2.16. The summed E-state index contributed by atoms with van der Waals surface area (Å²) in [5.74, 6) is -0.414. The number of amides is 3. The molecule has 2 saturated heterocycles. The Morgan fingerprint density at radius 3 is 2.56 bits per heavy atom. The quantitative estimate of drug-likeness (QED) is 0.585. The second-order valence-corrected chi connectivity index (χ2v) is 8.43. The molecule has 0 aromatic heterocycles. The maximum absolute atomic E-state index is 13.8. The van der Waals surface area contributed by atoms with E-state index in [0.717, 1.165) is 5.46 Å². The molecule has 2 aliphatic rings. The van der Waals surface area contributed by atoms with Crippen LogP contribution in [0.1, 0.15) is 33.6 Å². The summed E-state index contributed by atoms with van der Waals surface area (Å²) in [6.07, 6.45) is 0.536. The lowest BCUT2D eigenvalue weighted by Crippen LogP contribution is -2.58. The number of hydrogen-bond acceptors (Lipinski definition) is 4. The zero-order valence-electron chi connectivity index (χ0n) is 16.0. The summed E-state index contributed by atoms with van der Waals surface area (Å²) in [6, 6.07) is 4.00. The number of piperidine rings is 1. The number of halogens is 1. The normalized spacial score (nSPS) is 19.4. The van der Waals surface area contributed by atoms with Gasteiger partial charge in [-0.2, -0.15) is 0 Å². The second kappa shape index (κ2) is 6.78. The molecule has 1 aromatic carbocycles. The van der Waals surface area contributed by atoms with E-state index in [1.54, 1.807) is 15.9 Å². The van der Waals surface area contributed by atoms with Gasteiger partial charge in [-0.25, -0.2) is 14.0 Å². The van der Waals surface area contributed by atoms with E-state index < -0.39 is 17.0 Å². The minimum atomic E-state index is -0.760. The summed E-state index contributed by atoms with van der Waals surface area (Å²) in [6.45, 7) is 6.25. The van der Waals surface area contributed by atoms with Crippen LogP contribution >= 0.6 is 12.2 Å². The van der Waals surface area contributed by atoms with Gasteiger partial charge in [0.2, 0.25) is 0 Å². The molecule has 1 N–H and O–H groups in total. The minimum absolute atomic E-state index is 0.362. The first-order valence-electron chi connectivity index (χ1n) is 8.93. The van der Waals surface area contributed by atoms with E-state index >= 15 is 0 Å². The smallest absolute Gasteiger partial charge is 0.410 e. The third-order valence-corrected chi connectivity index (χ3v) is 5.41. The summed E-state index contributed by atoms with van der Waals surface area (Å²) in [4.78, 5) is 28.6. The van der Waals surface area contributed by atoms with Gasteiger partial charge >= 0.3 is 12.1 Å². The Balaban J connectivity index is 1.86. The Morgan fingerprint density at radius 2 is 1.96 bits per heavy atom. The maximum atomic E-state index is 13.8. The average molecular weight is 391 g/mol. The van der Waals surface area contributed by atoms with Gasteiger partial charge < -0.3 is 9.64 Å². The van der Waals surface area contributed by atoms with Crippen LogP contribution in [0.4, 0.5) is 19.7 Å². The van der Waals surface area contributed by atoms with E-state index in [4.69, 9.17) is 17.0 Å². The van der Waals surface area contributed by atoms with Crippen molar-refractivity contribution in [3.63, 3.8) is 0 Å². The molecule has 0 radical (unpaired) electrons. The van der Waals surface area contributed by atoms with Gasteiger partial charge in [0, 0.05) is 18.8 Å². The fraction of sp³-hybridized carbons (Fsp3) is 0.500. The lowest BCUT2D eigenvalue weighted by atomic mass is 9.84. The number of ether oxygens (including phenoxy) is 1. The predicted molar refractivity (Wildman–Crippen MR) is 108 cm³/mol. The van der Waals surface area contributed by atoms with E-state index in [9.17, 15) is 14.0 Å². The molecule has 0 atom stereocenters. The molecule has 1 aromatic rings. The number of rotatable bonds is 1. The molecule has 2 fully saturated rings. The molecule has 27 heavy (non-hydrogen) atoms. The number of anilines is 1. The second-order valence-electron chi connectivity index (χ2n) is 8.02. The molecule has 0 unspecified atom stereocenters. The van der Waals surface area contributed by atoms with Crippen LogP contribution in [0, 0.1) is 5.82 Å². The van der Waals surface area contributed by atoms with Crippen LogP contribution in [-0.2, 0) is 4.74 Å². The van der Waals surface area contributed by atoms with Crippen LogP contribution in [0.25, 0.3) is 0 Å². The molecule has 3 rings (SSSR count). The zero-order chi connectivity index (χ0) is 20.0. The highest BCUT2D eigenvalue weighted by molar-refractivity contribution is 7.80. The van der Waals surface area contributed by atoms with Crippen molar-refractivity contribution in [2.24, 2.45) is 0 Å². The van der Waals surface area contributed by atoms with Crippen LogP contribution in [0.15, 0.2) is 18.2 Å². The molecule has 0 aliphatic carbocycles. The molecular formula is C18H23BFN3O3S. The van der Waals surface area contributed by atoms with Crippen molar-refractivity contribution in [2.75, 3.05) is 18.0 Å². The Bertz CT molecular complexity index is 804. The van der Waals surface area contributed by atoms with Crippen molar-refractivity contribution in [1.82, 2.24) is 10.2 Å². The van der Waals surface area contributed by atoms with E-state index in [1.807, 2.05) is 28.6 Å². The number of urea groups is 1. The minimum Gasteiger partial charge on any atom is -0.444 e. The molecule has 2 heterocycles. The Kier molecular flexibility index (Phi) is 4.92. The molecule has 0 bridgehead atoms. The number of carbonyl (C=O) groups is 2. The van der Waals surface area contributed by atoms with Gasteiger partial charge in [-0.15, -0.1) is 0 Å². The van der Waals surface area contributed by atoms with E-state index in [-0.39, 0.29) is 12.1 Å². The first kappa shape index (κ1) is 19.6. The lowest BCUT2D eigenvalue weighted by molar-refractivity contribution is 0.0194. The summed E-state index contributed by atoms with van der Waals surface area (Å²) in [5, 5.41) is 2.72. The topological polar surface area (TPSA) is 61.9 Å². The van der Waals surface area contributed by atoms with Gasteiger partial charge in [0.05, 0.1) is 0 Å². The largest absolute Gasteiger partial charge is 0.444 e. The third-order valence-electron chi connectivity index (χ3n) is 4.93. The van der Waals surface area contributed by atoms with Crippen molar-refractivity contribution < 1.29 is 18.7 Å². The monoisotopic (exact) mass is 391 g/mol. The summed E-state index contributed by atoms with van der Waals surface area (Å²) < 4.78 is 19.3. The maximum Gasteiger partial charge on any atom is 0.410 e. The van der Waals surface area contributed by atoms with E-state index in [1.165, 1.54) is 12.1 Å². The molecule has 9 heteroatoms. The van der Waals surface area contributed by atoms with Gasteiger partial charge in [-0.3, -0.25) is 10.2 Å². The Morgan fingerprint density at radius 1 is 1.33 bits per heavy atom. The van der Waals surface area contributed by atoms with Crippen LogP contribution in [-0.4, -0.2) is 54.1 Å². The lowest BCUT2D eigenvalue weighted by Gasteiger charge is -2.43. The number of benzene rings is 1. The highest BCUT2D eigenvalue weighted by Crippen LogP contribution is 2.37. The van der Waals surface area contributed by atoms with Crippen LogP contribution in [0.3, 0.4) is 0 Å². The average Bonchev–Trinajstić information content (AvgIpc) is 2.79. The van der Waals surface area contributed by atoms with Crippen molar-refractivity contribution in [2.45, 2.75) is 44.8 Å². The molecule has 3 amide bonds. The number of hydrogen-bond donors (Lipinski definition) is 1. The number of nitrogens with one attached hydrogen (secondary N) is 1. The fourth-order valence-corrected chi connectivity index (χ4v) is 3.95. The van der Waals surface area contributed by atoms with Gasteiger partial charge in [0.1, 0.15) is 29.8 Å². The van der Waals surface area contributed by atoms with Crippen LogP contribution in [0.5, 0.6) is 0 Å². The summed E-state index contributed by atoms with van der Waals surface area (Å²) in [7, 11) is 1.83. The highest BCUT2D eigenvalue weighted by Gasteiger charge is 2.53. The molecule has 0 saturated carbocycles. The van der Waals surface area contributed by atoms with Crippen LogP contribution < -0.4 is 15.7 Å². The first-order chi connectivity index (χ1) is 12.5.